The predicted molar refractivity (Wildman–Crippen MR) is 83.3 cm³/mol. The number of amides is 1. The number of ether oxygens (including phenoxy) is 1. The van der Waals surface area contributed by atoms with Crippen molar-refractivity contribution >= 4 is 17.6 Å². The van der Waals surface area contributed by atoms with Crippen LogP contribution in [0.1, 0.15) is 46.5 Å². The molecule has 22 heavy (non-hydrogen) atoms. The molecule has 1 aliphatic rings. The lowest BCUT2D eigenvalue weighted by molar-refractivity contribution is -0.147. The van der Waals surface area contributed by atoms with Crippen molar-refractivity contribution in [2.45, 2.75) is 52.0 Å². The normalized spacial score (nSPS) is 22.2. The molecule has 1 amide bonds. The van der Waals surface area contributed by atoms with Crippen LogP contribution in [-0.4, -0.2) is 28.8 Å². The van der Waals surface area contributed by atoms with Crippen molar-refractivity contribution in [2.75, 3.05) is 12.4 Å². The lowest BCUT2D eigenvalue weighted by atomic mass is 9.81. The Bertz CT molecular complexity index is 537. The molecule has 1 heterocycles. The van der Waals surface area contributed by atoms with Gasteiger partial charge in [0.25, 0.3) is 0 Å². The smallest absolute Gasteiger partial charge is 0.308 e. The lowest BCUT2D eigenvalue weighted by Crippen LogP contribution is -2.30. The van der Waals surface area contributed by atoms with Gasteiger partial charge in [0.1, 0.15) is 0 Å². The molecule has 1 aromatic rings. The highest BCUT2D eigenvalue weighted by atomic mass is 16.5. The third-order valence-corrected chi connectivity index (χ3v) is 4.17. The Morgan fingerprint density at radius 3 is 2.32 bits per heavy atom. The Kier molecular flexibility index (Phi) is 4.88. The molecule has 0 bridgehead atoms. The van der Waals surface area contributed by atoms with Crippen LogP contribution in [0.3, 0.4) is 0 Å². The highest BCUT2D eigenvalue weighted by Gasteiger charge is 2.30. The van der Waals surface area contributed by atoms with Crippen LogP contribution in [0.25, 0.3) is 0 Å². The van der Waals surface area contributed by atoms with Crippen molar-refractivity contribution in [3.05, 3.63) is 12.4 Å². The monoisotopic (exact) mass is 307 g/mol. The Labute approximate surface area is 131 Å². The average Bonchev–Trinajstić information content (AvgIpc) is 2.95. The third-order valence-electron chi connectivity index (χ3n) is 4.17. The molecule has 2 rings (SSSR count). The van der Waals surface area contributed by atoms with Crippen molar-refractivity contribution in [3.63, 3.8) is 0 Å². The zero-order chi connectivity index (χ0) is 16.3. The molecule has 1 N–H and O–H groups in total. The summed E-state index contributed by atoms with van der Waals surface area (Å²) in [7, 11) is 1.41. The van der Waals surface area contributed by atoms with Crippen LogP contribution in [0, 0.1) is 11.8 Å². The molecule has 1 saturated carbocycles. The van der Waals surface area contributed by atoms with E-state index in [2.05, 4.69) is 31.2 Å². The van der Waals surface area contributed by atoms with E-state index in [1.165, 1.54) is 7.11 Å². The second kappa shape index (κ2) is 6.50. The van der Waals surface area contributed by atoms with Gasteiger partial charge in [0, 0.05) is 12.1 Å². The summed E-state index contributed by atoms with van der Waals surface area (Å²) in [5, 5.41) is 7.20. The van der Waals surface area contributed by atoms with E-state index in [1.807, 2.05) is 10.9 Å². The van der Waals surface area contributed by atoms with Crippen LogP contribution < -0.4 is 5.32 Å². The van der Waals surface area contributed by atoms with E-state index in [1.54, 1.807) is 6.20 Å². The van der Waals surface area contributed by atoms with E-state index in [0.29, 0.717) is 12.8 Å². The van der Waals surface area contributed by atoms with Gasteiger partial charge in [-0.05, 0) is 46.5 Å². The largest absolute Gasteiger partial charge is 0.469 e. The molecular weight excluding hydrogens is 282 g/mol. The molecule has 0 aromatic carbocycles. The minimum absolute atomic E-state index is 0.0109. The SMILES string of the molecule is COC(=O)C1CCC(C(=O)Nc2cnn(C(C)(C)C)c2)CC1. The number of rotatable bonds is 3. The fourth-order valence-electron chi connectivity index (χ4n) is 2.76. The maximum absolute atomic E-state index is 12.3. The summed E-state index contributed by atoms with van der Waals surface area (Å²) < 4.78 is 6.60. The first-order valence-corrected chi connectivity index (χ1v) is 7.75. The maximum Gasteiger partial charge on any atom is 0.308 e. The molecule has 0 radical (unpaired) electrons. The number of carbonyl (C=O) groups excluding carboxylic acids is 2. The van der Waals surface area contributed by atoms with Crippen LogP contribution in [0.15, 0.2) is 12.4 Å². The molecule has 6 nitrogen and oxygen atoms in total. The average molecular weight is 307 g/mol. The van der Waals surface area contributed by atoms with Crippen LogP contribution in [0.2, 0.25) is 0 Å². The molecule has 122 valence electrons. The van der Waals surface area contributed by atoms with Gasteiger partial charge in [-0.1, -0.05) is 0 Å². The predicted octanol–water partition coefficient (Wildman–Crippen LogP) is 2.56. The quantitative estimate of drug-likeness (QED) is 0.871. The van der Waals surface area contributed by atoms with Gasteiger partial charge in [-0.25, -0.2) is 0 Å². The van der Waals surface area contributed by atoms with Crippen molar-refractivity contribution in [1.82, 2.24) is 9.78 Å². The standard InChI is InChI=1S/C16H25N3O3/c1-16(2,3)19-10-13(9-17-19)18-14(20)11-5-7-12(8-6-11)15(21)22-4/h9-12H,5-8H2,1-4H3,(H,18,20). The van der Waals surface area contributed by atoms with E-state index < -0.39 is 0 Å². The molecular formula is C16H25N3O3. The number of methoxy groups -OCH3 is 1. The van der Waals surface area contributed by atoms with Crippen molar-refractivity contribution in [3.8, 4) is 0 Å². The van der Waals surface area contributed by atoms with Crippen LogP contribution in [-0.2, 0) is 19.9 Å². The van der Waals surface area contributed by atoms with Gasteiger partial charge in [-0.3, -0.25) is 14.3 Å². The fraction of sp³-hybridized carbons (Fsp3) is 0.688. The van der Waals surface area contributed by atoms with E-state index in [9.17, 15) is 9.59 Å². The number of hydrogen-bond acceptors (Lipinski definition) is 4. The Morgan fingerprint density at radius 1 is 1.23 bits per heavy atom. The number of esters is 1. The van der Waals surface area contributed by atoms with Gasteiger partial charge >= 0.3 is 5.97 Å². The highest BCUT2D eigenvalue weighted by molar-refractivity contribution is 5.92. The summed E-state index contributed by atoms with van der Waals surface area (Å²) in [5.41, 5.74) is 0.608. The first-order chi connectivity index (χ1) is 10.3. The number of hydrogen-bond donors (Lipinski definition) is 1. The van der Waals surface area contributed by atoms with Gasteiger partial charge < -0.3 is 10.1 Å². The molecule has 1 aliphatic carbocycles. The van der Waals surface area contributed by atoms with E-state index >= 15 is 0 Å². The molecule has 1 fully saturated rings. The van der Waals surface area contributed by atoms with Crippen LogP contribution in [0.4, 0.5) is 5.69 Å². The number of aromatic nitrogens is 2. The maximum atomic E-state index is 12.3. The van der Waals surface area contributed by atoms with Crippen molar-refractivity contribution < 1.29 is 14.3 Å². The van der Waals surface area contributed by atoms with Gasteiger partial charge in [-0.15, -0.1) is 0 Å². The Hall–Kier alpha value is -1.85. The fourth-order valence-corrected chi connectivity index (χ4v) is 2.76. The summed E-state index contributed by atoms with van der Waals surface area (Å²) in [4.78, 5) is 23.8. The van der Waals surface area contributed by atoms with Gasteiger partial charge in [0.05, 0.1) is 30.5 Å². The number of carbonyl (C=O) groups is 2. The molecule has 0 unspecified atom stereocenters. The molecule has 0 aliphatic heterocycles. The number of nitrogens with one attached hydrogen (secondary N) is 1. The topological polar surface area (TPSA) is 73.2 Å². The zero-order valence-corrected chi connectivity index (χ0v) is 13.8. The lowest BCUT2D eigenvalue weighted by Gasteiger charge is -2.25. The second-order valence-corrected chi connectivity index (χ2v) is 6.91. The van der Waals surface area contributed by atoms with Crippen LogP contribution in [0.5, 0.6) is 0 Å². The zero-order valence-electron chi connectivity index (χ0n) is 13.8. The summed E-state index contributed by atoms with van der Waals surface area (Å²) in [5.74, 6) is -0.251. The molecule has 1 aromatic heterocycles. The van der Waals surface area contributed by atoms with Crippen molar-refractivity contribution in [1.29, 1.82) is 0 Å². The molecule has 0 spiro atoms. The molecule has 0 saturated heterocycles. The minimum Gasteiger partial charge on any atom is -0.469 e. The number of anilines is 1. The highest BCUT2D eigenvalue weighted by Crippen LogP contribution is 2.30. The van der Waals surface area contributed by atoms with Crippen molar-refractivity contribution in [2.24, 2.45) is 11.8 Å². The van der Waals surface area contributed by atoms with E-state index in [-0.39, 0.29) is 29.3 Å². The summed E-state index contributed by atoms with van der Waals surface area (Å²) in [6.07, 6.45) is 6.39. The summed E-state index contributed by atoms with van der Waals surface area (Å²) in [6, 6.07) is 0. The van der Waals surface area contributed by atoms with Gasteiger partial charge in [-0.2, -0.15) is 5.10 Å². The number of nitrogens with zero attached hydrogens (tertiary/aromatic N) is 2. The Morgan fingerprint density at radius 2 is 1.82 bits per heavy atom. The first kappa shape index (κ1) is 16.5. The van der Waals surface area contributed by atoms with Gasteiger partial charge in [0.15, 0.2) is 0 Å². The van der Waals surface area contributed by atoms with Crippen LogP contribution >= 0.6 is 0 Å². The van der Waals surface area contributed by atoms with Gasteiger partial charge in [0.2, 0.25) is 5.91 Å². The molecule has 6 heteroatoms. The van der Waals surface area contributed by atoms with E-state index in [0.717, 1.165) is 18.5 Å². The summed E-state index contributed by atoms with van der Waals surface area (Å²) in [6.45, 7) is 6.17. The third kappa shape index (κ3) is 3.87. The van der Waals surface area contributed by atoms with E-state index in [4.69, 9.17) is 4.74 Å². The summed E-state index contributed by atoms with van der Waals surface area (Å²) >= 11 is 0. The first-order valence-electron chi connectivity index (χ1n) is 7.75. The molecule has 0 atom stereocenters. The minimum atomic E-state index is -0.162. The second-order valence-electron chi connectivity index (χ2n) is 6.91. The Balaban J connectivity index is 1.88.